The number of methoxy groups -OCH3 is 1. The van der Waals surface area contributed by atoms with Gasteiger partial charge in [-0.05, 0) is 37.5 Å². The first-order chi connectivity index (χ1) is 8.52. The number of benzene rings is 1. The van der Waals surface area contributed by atoms with E-state index in [2.05, 4.69) is 18.7 Å². The molecule has 1 heterocycles. The standard InChI is InChI=1S/C14H20N2O2/c1-9-6-10(2)16(8-9)13-7-11(14(17)18-3)4-5-12(13)15/h4-5,7,9-10H,6,8,15H2,1-3H3. The quantitative estimate of drug-likeness (QED) is 0.644. The normalized spacial score (nSPS) is 23.2. The Balaban J connectivity index is 2.35. The van der Waals surface area contributed by atoms with E-state index in [0.717, 1.165) is 18.7 Å². The Kier molecular flexibility index (Phi) is 3.45. The lowest BCUT2D eigenvalue weighted by atomic mass is 10.1. The summed E-state index contributed by atoms with van der Waals surface area (Å²) in [6.07, 6.45) is 1.15. The number of esters is 1. The molecule has 2 unspecified atom stereocenters. The number of rotatable bonds is 2. The second kappa shape index (κ2) is 4.88. The minimum absolute atomic E-state index is 0.323. The minimum Gasteiger partial charge on any atom is -0.465 e. The first kappa shape index (κ1) is 12.7. The molecule has 0 aliphatic carbocycles. The van der Waals surface area contributed by atoms with Gasteiger partial charge in [0, 0.05) is 12.6 Å². The highest BCUT2D eigenvalue weighted by molar-refractivity contribution is 5.92. The van der Waals surface area contributed by atoms with Gasteiger partial charge < -0.3 is 15.4 Å². The number of ether oxygens (including phenoxy) is 1. The molecule has 0 spiro atoms. The number of hydrogen-bond donors (Lipinski definition) is 1. The summed E-state index contributed by atoms with van der Waals surface area (Å²) in [5.41, 5.74) is 8.23. The van der Waals surface area contributed by atoms with E-state index in [9.17, 15) is 4.79 Å². The van der Waals surface area contributed by atoms with Crippen molar-refractivity contribution < 1.29 is 9.53 Å². The fraction of sp³-hybridized carbons (Fsp3) is 0.500. The predicted molar refractivity (Wildman–Crippen MR) is 72.8 cm³/mol. The van der Waals surface area contributed by atoms with Gasteiger partial charge in [-0.25, -0.2) is 4.79 Å². The molecule has 1 aliphatic heterocycles. The van der Waals surface area contributed by atoms with Crippen molar-refractivity contribution in [3.05, 3.63) is 23.8 Å². The van der Waals surface area contributed by atoms with E-state index in [1.165, 1.54) is 7.11 Å². The molecule has 0 aromatic heterocycles. The maximum absolute atomic E-state index is 11.6. The van der Waals surface area contributed by atoms with Crippen LogP contribution < -0.4 is 10.6 Å². The number of nitrogens with zero attached hydrogens (tertiary/aromatic N) is 1. The van der Waals surface area contributed by atoms with Crippen molar-refractivity contribution in [2.75, 3.05) is 24.3 Å². The van der Waals surface area contributed by atoms with Crippen LogP contribution in [-0.2, 0) is 4.74 Å². The molecule has 1 aliphatic rings. The van der Waals surface area contributed by atoms with Crippen LogP contribution in [0.1, 0.15) is 30.6 Å². The van der Waals surface area contributed by atoms with Crippen LogP contribution in [0.25, 0.3) is 0 Å². The van der Waals surface area contributed by atoms with Crippen LogP contribution in [-0.4, -0.2) is 25.7 Å². The fourth-order valence-electron chi connectivity index (χ4n) is 2.67. The van der Waals surface area contributed by atoms with Crippen LogP contribution >= 0.6 is 0 Å². The summed E-state index contributed by atoms with van der Waals surface area (Å²) >= 11 is 0. The Morgan fingerprint density at radius 2 is 2.17 bits per heavy atom. The maximum atomic E-state index is 11.6. The number of hydrogen-bond acceptors (Lipinski definition) is 4. The van der Waals surface area contributed by atoms with E-state index in [4.69, 9.17) is 10.5 Å². The van der Waals surface area contributed by atoms with Gasteiger partial charge in [0.25, 0.3) is 0 Å². The highest BCUT2D eigenvalue weighted by Crippen LogP contribution is 2.33. The molecule has 4 heteroatoms. The lowest BCUT2D eigenvalue weighted by Crippen LogP contribution is -2.27. The third-order valence-electron chi connectivity index (χ3n) is 3.54. The SMILES string of the molecule is COC(=O)c1ccc(N)c(N2CC(C)CC2C)c1. The molecule has 1 aromatic carbocycles. The molecule has 1 saturated heterocycles. The van der Waals surface area contributed by atoms with Gasteiger partial charge in [0.1, 0.15) is 0 Å². The van der Waals surface area contributed by atoms with E-state index < -0.39 is 0 Å². The molecule has 2 atom stereocenters. The summed E-state index contributed by atoms with van der Waals surface area (Å²) in [5, 5.41) is 0. The van der Waals surface area contributed by atoms with Gasteiger partial charge in [0.2, 0.25) is 0 Å². The molecule has 98 valence electrons. The summed E-state index contributed by atoms with van der Waals surface area (Å²) in [7, 11) is 1.39. The zero-order valence-corrected chi connectivity index (χ0v) is 11.1. The highest BCUT2D eigenvalue weighted by atomic mass is 16.5. The van der Waals surface area contributed by atoms with Gasteiger partial charge in [-0.15, -0.1) is 0 Å². The van der Waals surface area contributed by atoms with Gasteiger partial charge in [-0.2, -0.15) is 0 Å². The molecule has 0 amide bonds. The predicted octanol–water partition coefficient (Wildman–Crippen LogP) is 2.29. The van der Waals surface area contributed by atoms with E-state index >= 15 is 0 Å². The van der Waals surface area contributed by atoms with Crippen LogP contribution in [0.15, 0.2) is 18.2 Å². The van der Waals surface area contributed by atoms with E-state index in [1.54, 1.807) is 12.1 Å². The third kappa shape index (κ3) is 2.28. The summed E-state index contributed by atoms with van der Waals surface area (Å²) < 4.78 is 4.74. The zero-order chi connectivity index (χ0) is 13.3. The second-order valence-corrected chi connectivity index (χ2v) is 5.11. The third-order valence-corrected chi connectivity index (χ3v) is 3.54. The van der Waals surface area contributed by atoms with Crippen molar-refractivity contribution in [3.8, 4) is 0 Å². The molecule has 0 bridgehead atoms. The van der Waals surface area contributed by atoms with Gasteiger partial charge in [-0.3, -0.25) is 0 Å². The molecule has 1 aromatic rings. The molecule has 18 heavy (non-hydrogen) atoms. The number of carbonyl (C=O) groups is 1. The highest BCUT2D eigenvalue weighted by Gasteiger charge is 2.27. The van der Waals surface area contributed by atoms with Crippen LogP contribution in [0.2, 0.25) is 0 Å². The topological polar surface area (TPSA) is 55.6 Å². The smallest absolute Gasteiger partial charge is 0.337 e. The van der Waals surface area contributed by atoms with Crippen LogP contribution in [0.4, 0.5) is 11.4 Å². The summed E-state index contributed by atoms with van der Waals surface area (Å²) in [4.78, 5) is 13.8. The van der Waals surface area contributed by atoms with E-state index in [-0.39, 0.29) is 5.97 Å². The zero-order valence-electron chi connectivity index (χ0n) is 11.1. The molecule has 0 saturated carbocycles. The van der Waals surface area contributed by atoms with Gasteiger partial charge in [0.05, 0.1) is 24.0 Å². The monoisotopic (exact) mass is 248 g/mol. The van der Waals surface area contributed by atoms with Crippen molar-refractivity contribution in [1.82, 2.24) is 0 Å². The summed E-state index contributed by atoms with van der Waals surface area (Å²) in [5.74, 6) is 0.331. The Hall–Kier alpha value is -1.71. The Morgan fingerprint density at radius 1 is 1.44 bits per heavy atom. The van der Waals surface area contributed by atoms with Gasteiger partial charge >= 0.3 is 5.97 Å². The van der Waals surface area contributed by atoms with Crippen molar-refractivity contribution >= 4 is 17.3 Å². The van der Waals surface area contributed by atoms with E-state index in [1.807, 2.05) is 6.07 Å². The Morgan fingerprint density at radius 3 is 2.72 bits per heavy atom. The number of anilines is 2. The molecular formula is C14H20N2O2. The summed E-state index contributed by atoms with van der Waals surface area (Å²) in [6.45, 7) is 5.40. The van der Waals surface area contributed by atoms with Crippen LogP contribution in [0.3, 0.4) is 0 Å². The average molecular weight is 248 g/mol. The van der Waals surface area contributed by atoms with Crippen molar-refractivity contribution in [3.63, 3.8) is 0 Å². The molecule has 1 fully saturated rings. The molecule has 2 rings (SSSR count). The molecule has 4 nitrogen and oxygen atoms in total. The number of nitrogen functional groups attached to an aromatic ring is 1. The first-order valence-electron chi connectivity index (χ1n) is 6.27. The number of carbonyl (C=O) groups excluding carboxylic acids is 1. The minimum atomic E-state index is -0.323. The Labute approximate surface area is 108 Å². The average Bonchev–Trinajstić information content (AvgIpc) is 2.68. The van der Waals surface area contributed by atoms with Crippen molar-refractivity contribution in [2.24, 2.45) is 5.92 Å². The molecule has 2 N–H and O–H groups in total. The fourth-order valence-corrected chi connectivity index (χ4v) is 2.67. The van der Waals surface area contributed by atoms with Gasteiger partial charge in [0.15, 0.2) is 0 Å². The lowest BCUT2D eigenvalue weighted by Gasteiger charge is -2.25. The Bertz CT molecular complexity index is 459. The van der Waals surface area contributed by atoms with Crippen molar-refractivity contribution in [1.29, 1.82) is 0 Å². The maximum Gasteiger partial charge on any atom is 0.337 e. The van der Waals surface area contributed by atoms with Crippen LogP contribution in [0, 0.1) is 5.92 Å². The van der Waals surface area contributed by atoms with Gasteiger partial charge in [-0.1, -0.05) is 6.92 Å². The lowest BCUT2D eigenvalue weighted by molar-refractivity contribution is 0.0601. The summed E-state index contributed by atoms with van der Waals surface area (Å²) in [6, 6.07) is 5.76. The van der Waals surface area contributed by atoms with Crippen molar-refractivity contribution in [2.45, 2.75) is 26.3 Å². The number of nitrogens with two attached hydrogens (primary N) is 1. The first-order valence-corrected chi connectivity index (χ1v) is 6.27. The molecular weight excluding hydrogens is 228 g/mol. The second-order valence-electron chi connectivity index (χ2n) is 5.11. The molecule has 0 radical (unpaired) electrons. The van der Waals surface area contributed by atoms with Crippen LogP contribution in [0.5, 0.6) is 0 Å². The van der Waals surface area contributed by atoms with E-state index in [0.29, 0.717) is 23.2 Å². The largest absolute Gasteiger partial charge is 0.465 e.